The van der Waals surface area contributed by atoms with Crippen LogP contribution in [0.15, 0.2) is 11.1 Å². The van der Waals surface area contributed by atoms with Gasteiger partial charge in [0, 0.05) is 12.0 Å². The molecule has 1 atom stereocenters. The Balaban J connectivity index is 2.39. The van der Waals surface area contributed by atoms with Crippen LogP contribution in [0.2, 0.25) is 16.6 Å². The monoisotopic (exact) mass is 526 g/mol. The lowest BCUT2D eigenvalue weighted by Gasteiger charge is -2.38. The minimum absolute atomic E-state index is 0.276. The Bertz CT molecular complexity index is 782. The summed E-state index contributed by atoms with van der Waals surface area (Å²) in [5, 5.41) is 0. The molecule has 0 N–H and O–H groups in total. The van der Waals surface area contributed by atoms with Gasteiger partial charge in [0.25, 0.3) is 0 Å². The molecular formula is C29H48F2O4Si. The number of halogens is 2. The first kappa shape index (κ1) is 31.0. The van der Waals surface area contributed by atoms with Crippen LogP contribution >= 0.6 is 0 Å². The first-order chi connectivity index (χ1) is 16.9. The minimum atomic E-state index is -3.14. The summed E-state index contributed by atoms with van der Waals surface area (Å²) in [6, 6.07) is 0. The fraction of sp³-hybridized carbons (Fsp3) is 0.828. The van der Waals surface area contributed by atoms with E-state index in [4.69, 9.17) is 14.2 Å². The van der Waals surface area contributed by atoms with E-state index >= 15 is 8.78 Å². The number of ether oxygens (including phenoxy) is 3. The van der Waals surface area contributed by atoms with Gasteiger partial charge >= 0.3 is 11.9 Å². The molecule has 4 nitrogen and oxygen atoms in total. The molecule has 7 heteroatoms. The predicted molar refractivity (Wildman–Crippen MR) is 144 cm³/mol. The van der Waals surface area contributed by atoms with Crippen molar-refractivity contribution in [2.75, 3.05) is 19.8 Å². The molecule has 1 fully saturated rings. The van der Waals surface area contributed by atoms with Gasteiger partial charge < -0.3 is 14.2 Å². The van der Waals surface area contributed by atoms with E-state index in [1.54, 1.807) is 6.92 Å². The number of alkyl halides is 2. The molecule has 0 spiro atoms. The topological polar surface area (TPSA) is 44.8 Å². The largest absolute Gasteiger partial charge is 0.463 e. The van der Waals surface area contributed by atoms with Crippen molar-refractivity contribution >= 4 is 14.0 Å². The molecule has 0 saturated carbocycles. The van der Waals surface area contributed by atoms with E-state index in [0.717, 1.165) is 24.8 Å². The number of esters is 1. The summed E-state index contributed by atoms with van der Waals surface area (Å²) in [5.74, 6) is -1.46. The van der Waals surface area contributed by atoms with Crippen molar-refractivity contribution < 1.29 is 27.8 Å². The van der Waals surface area contributed by atoms with Gasteiger partial charge in [0.2, 0.25) is 0 Å². The van der Waals surface area contributed by atoms with Gasteiger partial charge in [-0.3, -0.25) is 0 Å². The summed E-state index contributed by atoms with van der Waals surface area (Å²) in [5.41, 5.74) is 5.50. The Kier molecular flexibility index (Phi) is 12.1. The second-order valence-electron chi connectivity index (χ2n) is 11.3. The summed E-state index contributed by atoms with van der Waals surface area (Å²) in [6.07, 6.45) is 4.09. The van der Waals surface area contributed by atoms with Crippen molar-refractivity contribution in [3.63, 3.8) is 0 Å². The number of rotatable bonds is 11. The lowest BCUT2D eigenvalue weighted by Crippen LogP contribution is -2.43. The van der Waals surface area contributed by atoms with E-state index in [9.17, 15) is 4.79 Å². The molecule has 1 heterocycles. The Morgan fingerprint density at radius 1 is 1.03 bits per heavy atom. The maximum absolute atomic E-state index is 15.6. The summed E-state index contributed by atoms with van der Waals surface area (Å²) < 4.78 is 48.0. The Hall–Kier alpha value is -1.23. The molecule has 1 aliphatic heterocycles. The third-order valence-electron chi connectivity index (χ3n) is 8.00. The van der Waals surface area contributed by atoms with Crippen LogP contribution in [0.5, 0.6) is 0 Å². The van der Waals surface area contributed by atoms with Crippen LogP contribution in [0.1, 0.15) is 99.8 Å². The SMILES string of the molecule is CCOC(=O)C1=C(C(CCC2OCCCO2)CC(F)(F)C#C[Si](C(C)C)(C(C)C)C(C)C)CCCC1. The van der Waals surface area contributed by atoms with E-state index < -0.39 is 19.9 Å². The second kappa shape index (κ2) is 14.1. The molecule has 0 amide bonds. The second-order valence-corrected chi connectivity index (χ2v) is 16.9. The van der Waals surface area contributed by atoms with Gasteiger partial charge in [-0.15, -0.1) is 5.54 Å². The predicted octanol–water partition coefficient (Wildman–Crippen LogP) is 7.83. The Labute approximate surface area is 218 Å². The number of carbonyl (C=O) groups is 1. The zero-order valence-electron chi connectivity index (χ0n) is 23.6. The zero-order chi connectivity index (χ0) is 26.9. The molecule has 1 unspecified atom stereocenters. The summed E-state index contributed by atoms with van der Waals surface area (Å²) in [6.45, 7) is 16.1. The summed E-state index contributed by atoms with van der Waals surface area (Å²) in [4.78, 5) is 12.7. The van der Waals surface area contributed by atoms with Gasteiger partial charge in [0.05, 0.1) is 19.8 Å². The maximum Gasteiger partial charge on any atom is 0.333 e. The van der Waals surface area contributed by atoms with Gasteiger partial charge in [0.15, 0.2) is 6.29 Å². The van der Waals surface area contributed by atoms with Crippen molar-refractivity contribution in [1.82, 2.24) is 0 Å². The molecule has 0 radical (unpaired) electrons. The maximum atomic E-state index is 15.6. The molecule has 0 aromatic carbocycles. The molecule has 206 valence electrons. The summed E-state index contributed by atoms with van der Waals surface area (Å²) in [7, 11) is -2.28. The van der Waals surface area contributed by atoms with Crippen LogP contribution in [0.3, 0.4) is 0 Å². The molecular weight excluding hydrogens is 478 g/mol. The molecule has 1 saturated heterocycles. The highest BCUT2D eigenvalue weighted by atomic mass is 28.3. The lowest BCUT2D eigenvalue weighted by atomic mass is 9.79. The molecule has 36 heavy (non-hydrogen) atoms. The van der Waals surface area contributed by atoms with E-state index in [-0.39, 0.29) is 41.9 Å². The highest BCUT2D eigenvalue weighted by Crippen LogP contribution is 2.42. The van der Waals surface area contributed by atoms with E-state index in [2.05, 4.69) is 53.0 Å². The van der Waals surface area contributed by atoms with Gasteiger partial charge in [-0.05, 0) is 80.3 Å². The van der Waals surface area contributed by atoms with Crippen LogP contribution in [-0.4, -0.2) is 46.1 Å². The van der Waals surface area contributed by atoms with E-state index in [1.165, 1.54) is 0 Å². The normalized spacial score (nSPS) is 19.0. The molecule has 2 aliphatic rings. The van der Waals surface area contributed by atoms with Crippen LogP contribution in [0.4, 0.5) is 8.78 Å². The third-order valence-corrected chi connectivity index (χ3v) is 14.3. The number of hydrogen-bond acceptors (Lipinski definition) is 4. The standard InChI is InChI=1S/C29H48F2O4Si/c1-8-33-28(32)26-13-10-9-12-25(26)24(14-15-27-34-17-11-18-35-27)20-29(30,31)16-19-36(21(2)3,22(4)5)23(6)7/h21-24,27H,8-15,17-18,20H2,1-7H3. The van der Waals surface area contributed by atoms with Crippen LogP contribution in [0, 0.1) is 17.4 Å². The van der Waals surface area contributed by atoms with Crippen molar-refractivity contribution in [2.45, 2.75) is 129 Å². The highest BCUT2D eigenvalue weighted by Gasteiger charge is 2.43. The van der Waals surface area contributed by atoms with Crippen LogP contribution in [0.25, 0.3) is 0 Å². The smallest absolute Gasteiger partial charge is 0.333 e. The lowest BCUT2D eigenvalue weighted by molar-refractivity contribution is -0.182. The third kappa shape index (κ3) is 8.13. The quantitative estimate of drug-likeness (QED) is 0.156. The summed E-state index contributed by atoms with van der Waals surface area (Å²) >= 11 is 0. The highest BCUT2D eigenvalue weighted by molar-refractivity contribution is 6.90. The van der Waals surface area contributed by atoms with Crippen molar-refractivity contribution in [3.8, 4) is 11.5 Å². The van der Waals surface area contributed by atoms with Crippen LogP contribution in [-0.2, 0) is 19.0 Å². The Morgan fingerprint density at radius 3 is 2.17 bits per heavy atom. The fourth-order valence-corrected chi connectivity index (χ4v) is 11.5. The van der Waals surface area contributed by atoms with E-state index in [1.807, 2.05) is 0 Å². The number of carbonyl (C=O) groups excluding carboxylic acids is 1. The van der Waals surface area contributed by atoms with Crippen molar-refractivity contribution in [1.29, 1.82) is 0 Å². The molecule has 0 bridgehead atoms. The minimum Gasteiger partial charge on any atom is -0.463 e. The van der Waals surface area contributed by atoms with Crippen molar-refractivity contribution in [3.05, 3.63) is 11.1 Å². The van der Waals surface area contributed by atoms with E-state index in [0.29, 0.717) is 44.5 Å². The van der Waals surface area contributed by atoms with Gasteiger partial charge in [-0.1, -0.05) is 47.1 Å². The van der Waals surface area contributed by atoms with Crippen molar-refractivity contribution in [2.24, 2.45) is 5.92 Å². The Morgan fingerprint density at radius 2 is 1.61 bits per heavy atom. The fourth-order valence-electron chi connectivity index (χ4n) is 6.26. The molecule has 0 aromatic rings. The van der Waals surface area contributed by atoms with Crippen LogP contribution < -0.4 is 0 Å². The molecule has 2 rings (SSSR count). The molecule has 0 aromatic heterocycles. The molecule has 1 aliphatic carbocycles. The van der Waals surface area contributed by atoms with Gasteiger partial charge in [-0.25, -0.2) is 4.79 Å². The van der Waals surface area contributed by atoms with Gasteiger partial charge in [-0.2, -0.15) is 8.78 Å². The number of hydrogen-bond donors (Lipinski definition) is 0. The number of allylic oxidation sites excluding steroid dienone is 1. The first-order valence-corrected chi connectivity index (χ1v) is 16.2. The average molecular weight is 527 g/mol. The zero-order valence-corrected chi connectivity index (χ0v) is 24.6. The average Bonchev–Trinajstić information content (AvgIpc) is 2.82. The van der Waals surface area contributed by atoms with Gasteiger partial charge in [0.1, 0.15) is 8.07 Å². The first-order valence-electron chi connectivity index (χ1n) is 14.0.